The van der Waals surface area contributed by atoms with E-state index in [0.29, 0.717) is 11.8 Å². The molecular formula is C20H27NO3. The van der Waals surface area contributed by atoms with Crippen LogP contribution in [0.3, 0.4) is 0 Å². The summed E-state index contributed by atoms with van der Waals surface area (Å²) in [6, 6.07) is 4.19. The molecule has 1 aliphatic carbocycles. The smallest absolute Gasteiger partial charge is 0.162 e. The van der Waals surface area contributed by atoms with Crippen LogP contribution in [-0.4, -0.2) is 43.9 Å². The molecule has 1 aromatic carbocycles. The molecule has 130 valence electrons. The van der Waals surface area contributed by atoms with Crippen LogP contribution in [0.5, 0.6) is 11.5 Å². The minimum atomic E-state index is -0.241. The van der Waals surface area contributed by atoms with Gasteiger partial charge in [-0.25, -0.2) is 0 Å². The highest BCUT2D eigenvalue weighted by Crippen LogP contribution is 2.53. The Bertz CT molecular complexity index is 707. The fourth-order valence-corrected chi connectivity index (χ4v) is 4.31. The Morgan fingerprint density at radius 3 is 2.62 bits per heavy atom. The lowest BCUT2D eigenvalue weighted by Crippen LogP contribution is -2.49. The summed E-state index contributed by atoms with van der Waals surface area (Å²) in [6.07, 6.45) is 5.97. The monoisotopic (exact) mass is 329 g/mol. The van der Waals surface area contributed by atoms with Gasteiger partial charge in [0.2, 0.25) is 0 Å². The van der Waals surface area contributed by atoms with Gasteiger partial charge in [-0.15, -0.1) is 0 Å². The highest BCUT2D eigenvalue weighted by molar-refractivity contribution is 5.59. The first-order valence-corrected chi connectivity index (χ1v) is 8.47. The summed E-state index contributed by atoms with van der Waals surface area (Å²) in [5.41, 5.74) is 3.17. The number of benzene rings is 1. The summed E-state index contributed by atoms with van der Waals surface area (Å²) < 4.78 is 11.0. The molecular weight excluding hydrogens is 302 g/mol. The molecule has 2 atom stereocenters. The summed E-state index contributed by atoms with van der Waals surface area (Å²) in [6.45, 7) is 5.28. The third-order valence-corrected chi connectivity index (χ3v) is 5.79. The molecule has 1 N–H and O–H groups in total. The number of ether oxygens (including phenoxy) is 2. The number of likely N-dealkylation sites (N-methyl/N-ethyl adjacent to an activating group) is 1. The van der Waals surface area contributed by atoms with Gasteiger partial charge >= 0.3 is 0 Å². The summed E-state index contributed by atoms with van der Waals surface area (Å²) in [5, 5.41) is 10.9. The zero-order valence-electron chi connectivity index (χ0n) is 15.2. The van der Waals surface area contributed by atoms with Gasteiger partial charge in [0.15, 0.2) is 11.5 Å². The maximum Gasteiger partial charge on any atom is 0.162 e. The quantitative estimate of drug-likeness (QED) is 0.921. The Hall–Kier alpha value is -1.94. The number of fused-ring (bicyclic) bond motifs is 1. The van der Waals surface area contributed by atoms with E-state index in [1.807, 2.05) is 12.1 Å². The van der Waals surface area contributed by atoms with Crippen LogP contribution in [0.1, 0.15) is 30.9 Å². The van der Waals surface area contributed by atoms with Gasteiger partial charge in [0.05, 0.1) is 20.0 Å². The van der Waals surface area contributed by atoms with Crippen molar-refractivity contribution < 1.29 is 14.6 Å². The van der Waals surface area contributed by atoms with Crippen LogP contribution in [0, 0.1) is 6.92 Å². The van der Waals surface area contributed by atoms with Gasteiger partial charge < -0.3 is 14.6 Å². The maximum atomic E-state index is 10.9. The van der Waals surface area contributed by atoms with Crippen molar-refractivity contribution in [2.45, 2.75) is 38.1 Å². The number of phenols is 1. The molecule has 2 aliphatic rings. The molecule has 1 aliphatic heterocycles. The molecule has 0 bridgehead atoms. The topological polar surface area (TPSA) is 41.9 Å². The molecule has 1 saturated heterocycles. The third kappa shape index (κ3) is 2.40. The average Bonchev–Trinajstić information content (AvgIpc) is 2.58. The van der Waals surface area contributed by atoms with E-state index in [9.17, 15) is 5.11 Å². The number of aromatic hydroxyl groups is 1. The zero-order valence-corrected chi connectivity index (χ0v) is 15.2. The van der Waals surface area contributed by atoms with E-state index in [0.717, 1.165) is 36.3 Å². The van der Waals surface area contributed by atoms with E-state index in [1.54, 1.807) is 14.2 Å². The van der Waals surface area contributed by atoms with E-state index in [-0.39, 0.29) is 11.2 Å². The van der Waals surface area contributed by atoms with Gasteiger partial charge in [-0.1, -0.05) is 12.1 Å². The Balaban J connectivity index is 2.24. The first-order valence-electron chi connectivity index (χ1n) is 8.47. The summed E-state index contributed by atoms with van der Waals surface area (Å²) in [7, 11) is 5.47. The number of likely N-dealkylation sites (tertiary alicyclic amines) is 1. The van der Waals surface area contributed by atoms with Crippen molar-refractivity contribution in [2.24, 2.45) is 0 Å². The van der Waals surface area contributed by atoms with Crippen LogP contribution >= 0.6 is 0 Å². The second-order valence-corrected chi connectivity index (χ2v) is 6.93. The number of hydrogen-bond acceptors (Lipinski definition) is 4. The Kier molecular flexibility index (Phi) is 4.35. The second kappa shape index (κ2) is 6.17. The Morgan fingerprint density at radius 1 is 1.21 bits per heavy atom. The molecule has 0 saturated carbocycles. The minimum absolute atomic E-state index is 0.241. The number of nitrogens with zero attached hydrogens (tertiary/aromatic N) is 1. The standard InChI is InChI=1S/C20H27NO3/c1-13-6-9-17(24-5)19(22)18(13)20-10-11-21(3)14(2)16(20)8-7-15(12-20)23-4/h6-9,14,22H,10-12H2,1-5H3/t14?,20-/m0/s1. The summed E-state index contributed by atoms with van der Waals surface area (Å²) >= 11 is 0. The SMILES string of the molecule is COC1=CC=C2C(C)N(C)CC[C@]2(c2c(C)ccc(OC)c2O)C1. The molecule has 3 rings (SSSR count). The number of methoxy groups -OCH3 is 2. The van der Waals surface area contributed by atoms with Crippen molar-refractivity contribution >= 4 is 0 Å². The first kappa shape index (κ1) is 16.9. The second-order valence-electron chi connectivity index (χ2n) is 6.93. The van der Waals surface area contributed by atoms with Gasteiger partial charge in [0, 0.05) is 23.4 Å². The van der Waals surface area contributed by atoms with Crippen molar-refractivity contribution in [1.82, 2.24) is 4.90 Å². The number of piperidine rings is 1. The predicted octanol–water partition coefficient (Wildman–Crippen LogP) is 3.53. The van der Waals surface area contributed by atoms with Crippen LogP contribution in [0.15, 0.2) is 35.6 Å². The number of phenolic OH excluding ortho intramolecular Hbond substituents is 1. The Morgan fingerprint density at radius 2 is 1.96 bits per heavy atom. The average molecular weight is 329 g/mol. The number of aryl methyl sites for hydroxylation is 1. The van der Waals surface area contributed by atoms with Gasteiger partial charge in [0.1, 0.15) is 0 Å². The molecule has 0 amide bonds. The number of rotatable bonds is 3. The van der Waals surface area contributed by atoms with Crippen molar-refractivity contribution in [1.29, 1.82) is 0 Å². The first-order chi connectivity index (χ1) is 11.4. The van der Waals surface area contributed by atoms with Crippen LogP contribution in [0.25, 0.3) is 0 Å². The molecule has 0 radical (unpaired) electrons. The van der Waals surface area contributed by atoms with Crippen LogP contribution in [0.2, 0.25) is 0 Å². The highest BCUT2D eigenvalue weighted by Gasteiger charge is 2.47. The highest BCUT2D eigenvalue weighted by atomic mass is 16.5. The van der Waals surface area contributed by atoms with Crippen molar-refractivity contribution in [3.8, 4) is 11.5 Å². The summed E-state index contributed by atoms with van der Waals surface area (Å²) in [4.78, 5) is 2.36. The fraction of sp³-hybridized carbons (Fsp3) is 0.500. The normalized spacial score (nSPS) is 27.1. The predicted molar refractivity (Wildman–Crippen MR) is 95.6 cm³/mol. The Labute approximate surface area is 144 Å². The van der Waals surface area contributed by atoms with Crippen LogP contribution < -0.4 is 4.74 Å². The number of allylic oxidation sites excluding steroid dienone is 3. The van der Waals surface area contributed by atoms with E-state index >= 15 is 0 Å². The molecule has 1 aromatic rings. The fourth-order valence-electron chi connectivity index (χ4n) is 4.31. The van der Waals surface area contributed by atoms with Gasteiger partial charge in [-0.3, -0.25) is 4.90 Å². The molecule has 0 spiro atoms. The minimum Gasteiger partial charge on any atom is -0.504 e. The lowest BCUT2D eigenvalue weighted by atomic mass is 9.62. The molecule has 24 heavy (non-hydrogen) atoms. The summed E-state index contributed by atoms with van der Waals surface area (Å²) in [5.74, 6) is 1.75. The van der Waals surface area contributed by atoms with Crippen molar-refractivity contribution in [2.75, 3.05) is 27.8 Å². The van der Waals surface area contributed by atoms with Crippen LogP contribution in [-0.2, 0) is 10.2 Å². The third-order valence-electron chi connectivity index (χ3n) is 5.79. The lowest BCUT2D eigenvalue weighted by molar-refractivity contribution is 0.167. The van der Waals surface area contributed by atoms with Gasteiger partial charge in [0.25, 0.3) is 0 Å². The van der Waals surface area contributed by atoms with Crippen LogP contribution in [0.4, 0.5) is 0 Å². The van der Waals surface area contributed by atoms with E-state index < -0.39 is 0 Å². The van der Waals surface area contributed by atoms with E-state index in [2.05, 4.69) is 37.9 Å². The molecule has 4 nitrogen and oxygen atoms in total. The lowest BCUT2D eigenvalue weighted by Gasteiger charge is -2.49. The van der Waals surface area contributed by atoms with E-state index in [1.165, 1.54) is 5.57 Å². The number of hydrogen-bond donors (Lipinski definition) is 1. The largest absolute Gasteiger partial charge is 0.504 e. The van der Waals surface area contributed by atoms with Gasteiger partial charge in [-0.05, 0) is 57.1 Å². The molecule has 1 fully saturated rings. The maximum absolute atomic E-state index is 10.9. The van der Waals surface area contributed by atoms with Crippen molar-refractivity contribution in [3.63, 3.8) is 0 Å². The van der Waals surface area contributed by atoms with Crippen molar-refractivity contribution in [3.05, 3.63) is 46.7 Å². The molecule has 1 unspecified atom stereocenters. The van der Waals surface area contributed by atoms with E-state index in [4.69, 9.17) is 9.47 Å². The molecule has 4 heteroatoms. The van der Waals surface area contributed by atoms with Gasteiger partial charge in [-0.2, -0.15) is 0 Å². The molecule has 0 aromatic heterocycles. The molecule has 1 heterocycles. The zero-order chi connectivity index (χ0) is 17.5.